The fourth-order valence-corrected chi connectivity index (χ4v) is 1.80. The van der Waals surface area contributed by atoms with Gasteiger partial charge in [-0.25, -0.2) is 4.79 Å². The molecule has 22 heavy (non-hydrogen) atoms. The van der Waals surface area contributed by atoms with Crippen molar-refractivity contribution in [1.82, 2.24) is 5.32 Å². The standard InChI is InChI=1S/C17H25NO4/c1-6-18-16(20)12(2)22-15(19)11-21-14-9-7-13(8-10-14)17(3,4)5/h7-10,12H,6,11H2,1-5H3,(H,18,20)/t12-/m1/s1. The van der Waals surface area contributed by atoms with Crippen LogP contribution in [0.4, 0.5) is 0 Å². The monoisotopic (exact) mass is 307 g/mol. The van der Waals surface area contributed by atoms with Crippen LogP contribution in [0.3, 0.4) is 0 Å². The zero-order valence-corrected chi connectivity index (χ0v) is 13.9. The van der Waals surface area contributed by atoms with Crippen LogP contribution in [0.5, 0.6) is 5.75 Å². The molecular weight excluding hydrogens is 282 g/mol. The molecule has 0 aliphatic carbocycles. The van der Waals surface area contributed by atoms with E-state index < -0.39 is 12.1 Å². The van der Waals surface area contributed by atoms with Crippen molar-refractivity contribution in [2.24, 2.45) is 0 Å². The molecule has 1 N–H and O–H groups in total. The zero-order chi connectivity index (χ0) is 16.8. The minimum absolute atomic E-state index is 0.0690. The first-order valence-electron chi connectivity index (χ1n) is 7.44. The topological polar surface area (TPSA) is 64.6 Å². The van der Waals surface area contributed by atoms with Crippen LogP contribution < -0.4 is 10.1 Å². The molecule has 0 spiro atoms. The van der Waals surface area contributed by atoms with Crippen LogP contribution >= 0.6 is 0 Å². The van der Waals surface area contributed by atoms with Gasteiger partial charge in [0.1, 0.15) is 5.75 Å². The fourth-order valence-electron chi connectivity index (χ4n) is 1.80. The van der Waals surface area contributed by atoms with Crippen LogP contribution in [0.15, 0.2) is 24.3 Å². The van der Waals surface area contributed by atoms with Crippen LogP contribution in [0.2, 0.25) is 0 Å². The van der Waals surface area contributed by atoms with E-state index in [4.69, 9.17) is 9.47 Å². The maximum absolute atomic E-state index is 11.6. The SMILES string of the molecule is CCNC(=O)[C@@H](C)OC(=O)COc1ccc(C(C)(C)C)cc1. The normalized spacial score (nSPS) is 12.4. The Hall–Kier alpha value is -2.04. The van der Waals surface area contributed by atoms with E-state index in [1.54, 1.807) is 6.92 Å². The van der Waals surface area contributed by atoms with Crippen molar-refractivity contribution >= 4 is 11.9 Å². The molecule has 1 atom stereocenters. The molecular formula is C17H25NO4. The molecule has 0 radical (unpaired) electrons. The van der Waals surface area contributed by atoms with Gasteiger partial charge in [0.2, 0.25) is 0 Å². The van der Waals surface area contributed by atoms with E-state index in [0.717, 1.165) is 0 Å². The first-order chi connectivity index (χ1) is 10.2. The molecule has 0 heterocycles. The van der Waals surface area contributed by atoms with Gasteiger partial charge in [-0.1, -0.05) is 32.9 Å². The van der Waals surface area contributed by atoms with Crippen molar-refractivity contribution in [3.63, 3.8) is 0 Å². The summed E-state index contributed by atoms with van der Waals surface area (Å²) in [6.45, 7) is 9.99. The average Bonchev–Trinajstić information content (AvgIpc) is 2.45. The van der Waals surface area contributed by atoms with Crippen molar-refractivity contribution in [3.8, 4) is 5.75 Å². The van der Waals surface area contributed by atoms with Gasteiger partial charge in [-0.15, -0.1) is 0 Å². The molecule has 0 bridgehead atoms. The van der Waals surface area contributed by atoms with E-state index in [-0.39, 0.29) is 17.9 Å². The van der Waals surface area contributed by atoms with Crippen LogP contribution in [0, 0.1) is 0 Å². The lowest BCUT2D eigenvalue weighted by Crippen LogP contribution is -2.36. The number of hydrogen-bond acceptors (Lipinski definition) is 4. The first kappa shape index (κ1) is 18.0. The molecule has 1 amide bonds. The van der Waals surface area contributed by atoms with Crippen LogP contribution in [0.25, 0.3) is 0 Å². The Morgan fingerprint density at radius 3 is 2.27 bits per heavy atom. The van der Waals surface area contributed by atoms with Gasteiger partial charge in [0.05, 0.1) is 0 Å². The number of benzene rings is 1. The fraction of sp³-hybridized carbons (Fsp3) is 0.529. The maximum atomic E-state index is 11.6. The third-order valence-corrected chi connectivity index (χ3v) is 3.11. The number of likely N-dealkylation sites (N-methyl/N-ethyl adjacent to an activating group) is 1. The molecule has 1 rings (SSSR count). The summed E-state index contributed by atoms with van der Waals surface area (Å²) in [5.41, 5.74) is 1.26. The van der Waals surface area contributed by atoms with Gasteiger partial charge in [0, 0.05) is 6.54 Å². The van der Waals surface area contributed by atoms with Crippen molar-refractivity contribution in [1.29, 1.82) is 0 Å². The third kappa shape index (κ3) is 5.76. The average molecular weight is 307 g/mol. The second kappa shape index (κ2) is 7.82. The van der Waals surface area contributed by atoms with E-state index in [0.29, 0.717) is 12.3 Å². The van der Waals surface area contributed by atoms with Gasteiger partial charge in [0.15, 0.2) is 12.7 Å². The summed E-state index contributed by atoms with van der Waals surface area (Å²) < 4.78 is 10.4. The number of rotatable bonds is 6. The van der Waals surface area contributed by atoms with Crippen LogP contribution in [-0.4, -0.2) is 31.1 Å². The Bertz CT molecular complexity index is 502. The highest BCUT2D eigenvalue weighted by Crippen LogP contribution is 2.24. The first-order valence-corrected chi connectivity index (χ1v) is 7.44. The van der Waals surface area contributed by atoms with Gasteiger partial charge in [-0.3, -0.25) is 4.79 Å². The highest BCUT2D eigenvalue weighted by atomic mass is 16.6. The molecule has 0 aromatic heterocycles. The molecule has 1 aromatic carbocycles. The molecule has 1 aromatic rings. The lowest BCUT2D eigenvalue weighted by atomic mass is 9.87. The van der Waals surface area contributed by atoms with Gasteiger partial charge < -0.3 is 14.8 Å². The molecule has 0 saturated carbocycles. The summed E-state index contributed by atoms with van der Waals surface area (Å²) in [4.78, 5) is 23.1. The van der Waals surface area contributed by atoms with Gasteiger partial charge in [-0.2, -0.15) is 0 Å². The number of ether oxygens (including phenoxy) is 2. The summed E-state index contributed by atoms with van der Waals surface area (Å²) in [6.07, 6.45) is -0.820. The summed E-state index contributed by atoms with van der Waals surface area (Å²) in [6, 6.07) is 7.58. The molecule has 0 unspecified atom stereocenters. The lowest BCUT2D eigenvalue weighted by molar-refractivity contribution is -0.156. The summed E-state index contributed by atoms with van der Waals surface area (Å²) in [7, 11) is 0. The number of hydrogen-bond donors (Lipinski definition) is 1. The summed E-state index contributed by atoms with van der Waals surface area (Å²) >= 11 is 0. The Labute approximate surface area is 132 Å². The van der Waals surface area contributed by atoms with E-state index in [9.17, 15) is 9.59 Å². The van der Waals surface area contributed by atoms with E-state index in [1.807, 2.05) is 24.3 Å². The molecule has 0 aliphatic heterocycles. The largest absolute Gasteiger partial charge is 0.482 e. The van der Waals surface area contributed by atoms with Crippen LogP contribution in [-0.2, 0) is 19.7 Å². The quantitative estimate of drug-likeness (QED) is 0.820. The Balaban J connectivity index is 2.46. The van der Waals surface area contributed by atoms with Crippen molar-refractivity contribution in [2.75, 3.05) is 13.2 Å². The second-order valence-corrected chi connectivity index (χ2v) is 6.09. The molecule has 0 aliphatic rings. The summed E-state index contributed by atoms with van der Waals surface area (Å²) in [5, 5.41) is 2.59. The molecule has 5 nitrogen and oxygen atoms in total. The molecule has 122 valence electrons. The zero-order valence-electron chi connectivity index (χ0n) is 13.9. The smallest absolute Gasteiger partial charge is 0.344 e. The Kier molecular flexibility index (Phi) is 6.40. The number of esters is 1. The minimum atomic E-state index is -0.820. The predicted molar refractivity (Wildman–Crippen MR) is 84.9 cm³/mol. The van der Waals surface area contributed by atoms with Crippen molar-refractivity contribution in [2.45, 2.75) is 46.1 Å². The van der Waals surface area contributed by atoms with Crippen molar-refractivity contribution in [3.05, 3.63) is 29.8 Å². The van der Waals surface area contributed by atoms with Gasteiger partial charge in [0.25, 0.3) is 5.91 Å². The number of nitrogens with one attached hydrogen (secondary N) is 1. The number of carbonyl (C=O) groups is 2. The molecule has 0 saturated heterocycles. The van der Waals surface area contributed by atoms with E-state index >= 15 is 0 Å². The van der Waals surface area contributed by atoms with E-state index in [2.05, 4.69) is 26.1 Å². The van der Waals surface area contributed by atoms with Gasteiger partial charge in [-0.05, 0) is 37.0 Å². The number of amides is 1. The highest BCUT2D eigenvalue weighted by molar-refractivity contribution is 5.83. The lowest BCUT2D eigenvalue weighted by Gasteiger charge is -2.19. The molecule has 5 heteroatoms. The predicted octanol–water partition coefficient (Wildman–Crippen LogP) is 2.43. The third-order valence-electron chi connectivity index (χ3n) is 3.11. The second-order valence-electron chi connectivity index (χ2n) is 6.09. The minimum Gasteiger partial charge on any atom is -0.482 e. The highest BCUT2D eigenvalue weighted by Gasteiger charge is 2.17. The van der Waals surface area contributed by atoms with E-state index in [1.165, 1.54) is 12.5 Å². The Morgan fingerprint density at radius 1 is 1.18 bits per heavy atom. The summed E-state index contributed by atoms with van der Waals surface area (Å²) in [5.74, 6) is -0.292. The van der Waals surface area contributed by atoms with Crippen molar-refractivity contribution < 1.29 is 19.1 Å². The number of carbonyl (C=O) groups excluding carboxylic acids is 2. The maximum Gasteiger partial charge on any atom is 0.344 e. The molecule has 0 fully saturated rings. The van der Waals surface area contributed by atoms with Crippen LogP contribution in [0.1, 0.15) is 40.2 Å². The Morgan fingerprint density at radius 2 is 1.77 bits per heavy atom. The van der Waals surface area contributed by atoms with Gasteiger partial charge >= 0.3 is 5.97 Å².